The van der Waals surface area contributed by atoms with E-state index in [1.807, 2.05) is 23.4 Å². The van der Waals surface area contributed by atoms with Crippen LogP contribution in [0.5, 0.6) is 0 Å². The number of methoxy groups -OCH3 is 1. The van der Waals surface area contributed by atoms with Crippen LogP contribution in [0.3, 0.4) is 0 Å². The molecule has 0 amide bonds. The van der Waals surface area contributed by atoms with E-state index in [0.29, 0.717) is 12.6 Å². The third kappa shape index (κ3) is 2.07. The summed E-state index contributed by atoms with van der Waals surface area (Å²) in [6.07, 6.45) is 0. The van der Waals surface area contributed by atoms with Crippen molar-refractivity contribution >= 4 is 33.3 Å². The topological polar surface area (TPSA) is 64.3 Å². The van der Waals surface area contributed by atoms with Crippen LogP contribution in [0.15, 0.2) is 11.4 Å². The summed E-state index contributed by atoms with van der Waals surface area (Å²) >= 11 is 1.57. The Hall–Kier alpha value is -1.40. The Kier molecular flexibility index (Phi) is 3.21. The van der Waals surface area contributed by atoms with Crippen molar-refractivity contribution in [3.8, 4) is 0 Å². The monoisotopic (exact) mass is 238 g/mol. The highest BCUT2D eigenvalue weighted by atomic mass is 32.1. The van der Waals surface area contributed by atoms with Gasteiger partial charge in [-0.15, -0.1) is 11.3 Å². The van der Waals surface area contributed by atoms with E-state index in [1.54, 1.807) is 18.4 Å². The Balaban J connectivity index is 2.38. The van der Waals surface area contributed by atoms with Crippen molar-refractivity contribution in [1.82, 2.24) is 9.97 Å². The van der Waals surface area contributed by atoms with Gasteiger partial charge in [0.25, 0.3) is 0 Å². The number of hydrogen-bond donors (Lipinski definition) is 1. The van der Waals surface area contributed by atoms with Crippen molar-refractivity contribution in [1.29, 1.82) is 0 Å². The van der Waals surface area contributed by atoms with Crippen LogP contribution in [-0.4, -0.2) is 37.3 Å². The Bertz CT molecular complexity index is 485. The lowest BCUT2D eigenvalue weighted by Gasteiger charge is -2.18. The summed E-state index contributed by atoms with van der Waals surface area (Å²) in [5.41, 5.74) is 5.68. The lowest BCUT2D eigenvalue weighted by atomic mass is 10.3. The van der Waals surface area contributed by atoms with Gasteiger partial charge in [0.05, 0.1) is 12.0 Å². The first-order valence-electron chi connectivity index (χ1n) is 4.93. The number of likely N-dealkylation sites (N-methyl/N-ethyl adjacent to an activating group) is 1. The van der Waals surface area contributed by atoms with Crippen molar-refractivity contribution < 1.29 is 4.74 Å². The van der Waals surface area contributed by atoms with Crippen LogP contribution >= 0.6 is 11.3 Å². The zero-order valence-corrected chi connectivity index (χ0v) is 10.1. The molecule has 0 atom stereocenters. The quantitative estimate of drug-likeness (QED) is 0.871. The highest BCUT2D eigenvalue weighted by Gasteiger charge is 2.10. The second-order valence-electron chi connectivity index (χ2n) is 3.46. The average molecular weight is 238 g/mol. The molecule has 6 heteroatoms. The van der Waals surface area contributed by atoms with Crippen molar-refractivity contribution in [2.45, 2.75) is 0 Å². The molecular formula is C10H14N4OS. The normalized spacial score (nSPS) is 10.9. The molecule has 0 saturated heterocycles. The standard InChI is InChI=1S/C10H14N4OS/c1-14(4-5-15-2)8-7-3-6-16-9(7)13-10(11)12-8/h3,6H,4-5H2,1-2H3,(H2,11,12,13). The van der Waals surface area contributed by atoms with E-state index in [9.17, 15) is 0 Å². The molecule has 0 unspecified atom stereocenters. The SMILES string of the molecule is COCCN(C)c1nc(N)nc2sccc12. The molecule has 0 aliphatic rings. The maximum atomic E-state index is 5.68. The first-order valence-corrected chi connectivity index (χ1v) is 5.81. The Labute approximate surface area is 97.9 Å². The summed E-state index contributed by atoms with van der Waals surface area (Å²) in [4.78, 5) is 11.4. The van der Waals surface area contributed by atoms with Gasteiger partial charge in [-0.25, -0.2) is 4.98 Å². The smallest absolute Gasteiger partial charge is 0.223 e. The minimum Gasteiger partial charge on any atom is -0.383 e. The van der Waals surface area contributed by atoms with Gasteiger partial charge in [-0.1, -0.05) is 0 Å². The molecule has 0 spiro atoms. The molecule has 2 rings (SSSR count). The summed E-state index contributed by atoms with van der Waals surface area (Å²) < 4.78 is 5.04. The van der Waals surface area contributed by atoms with Crippen LogP contribution in [0.4, 0.5) is 11.8 Å². The van der Waals surface area contributed by atoms with Crippen LogP contribution in [0.2, 0.25) is 0 Å². The second kappa shape index (κ2) is 4.63. The molecule has 2 N–H and O–H groups in total. The zero-order chi connectivity index (χ0) is 11.5. The summed E-state index contributed by atoms with van der Waals surface area (Å²) in [6, 6.07) is 2.01. The van der Waals surface area contributed by atoms with Crippen LogP contribution in [0.25, 0.3) is 10.2 Å². The van der Waals surface area contributed by atoms with Gasteiger partial charge in [0.2, 0.25) is 5.95 Å². The molecule has 2 heterocycles. The zero-order valence-electron chi connectivity index (χ0n) is 9.30. The van der Waals surface area contributed by atoms with Crippen LogP contribution in [0, 0.1) is 0 Å². The number of nitrogens with two attached hydrogens (primary N) is 1. The molecule has 5 nitrogen and oxygen atoms in total. The van der Waals surface area contributed by atoms with E-state index in [2.05, 4.69) is 9.97 Å². The fraction of sp³-hybridized carbons (Fsp3) is 0.400. The molecule has 0 bridgehead atoms. The number of hydrogen-bond acceptors (Lipinski definition) is 6. The molecule has 0 radical (unpaired) electrons. The molecule has 0 saturated carbocycles. The Morgan fingerprint density at radius 2 is 2.31 bits per heavy atom. The van der Waals surface area contributed by atoms with E-state index >= 15 is 0 Å². The number of fused-ring (bicyclic) bond motifs is 1. The van der Waals surface area contributed by atoms with Gasteiger partial charge in [0.15, 0.2) is 0 Å². The minimum atomic E-state index is 0.314. The maximum absolute atomic E-state index is 5.68. The summed E-state index contributed by atoms with van der Waals surface area (Å²) in [5, 5.41) is 3.03. The molecule has 16 heavy (non-hydrogen) atoms. The summed E-state index contributed by atoms with van der Waals surface area (Å²) in [6.45, 7) is 1.43. The average Bonchev–Trinajstić information content (AvgIpc) is 2.72. The van der Waals surface area contributed by atoms with Crippen LogP contribution in [-0.2, 0) is 4.74 Å². The number of anilines is 2. The van der Waals surface area contributed by atoms with Crippen LogP contribution in [0.1, 0.15) is 0 Å². The molecule has 86 valence electrons. The Morgan fingerprint density at radius 3 is 3.06 bits per heavy atom. The van der Waals surface area contributed by atoms with Crippen LogP contribution < -0.4 is 10.6 Å². The molecule has 0 fully saturated rings. The number of ether oxygens (including phenoxy) is 1. The maximum Gasteiger partial charge on any atom is 0.223 e. The largest absolute Gasteiger partial charge is 0.383 e. The van der Waals surface area contributed by atoms with Gasteiger partial charge >= 0.3 is 0 Å². The number of thiophene rings is 1. The van der Waals surface area contributed by atoms with Gasteiger partial charge in [-0.05, 0) is 11.4 Å². The second-order valence-corrected chi connectivity index (χ2v) is 4.35. The predicted octanol–water partition coefficient (Wildman–Crippen LogP) is 1.36. The predicted molar refractivity (Wildman–Crippen MR) is 67.0 cm³/mol. The number of nitrogen functional groups attached to an aromatic ring is 1. The highest BCUT2D eigenvalue weighted by Crippen LogP contribution is 2.27. The van der Waals surface area contributed by atoms with Gasteiger partial charge in [-0.3, -0.25) is 0 Å². The van der Waals surface area contributed by atoms with Gasteiger partial charge in [0, 0.05) is 20.7 Å². The van der Waals surface area contributed by atoms with E-state index < -0.39 is 0 Å². The molecule has 0 aliphatic carbocycles. The fourth-order valence-corrected chi connectivity index (χ4v) is 2.25. The van der Waals surface area contributed by atoms with E-state index in [4.69, 9.17) is 10.5 Å². The van der Waals surface area contributed by atoms with Crippen molar-refractivity contribution in [3.05, 3.63) is 11.4 Å². The van der Waals surface area contributed by atoms with Gasteiger partial charge in [-0.2, -0.15) is 4.98 Å². The Morgan fingerprint density at radius 1 is 1.50 bits per heavy atom. The molecule has 2 aromatic rings. The van der Waals surface area contributed by atoms with Crippen molar-refractivity contribution in [2.24, 2.45) is 0 Å². The first kappa shape index (κ1) is 11.1. The van der Waals surface area contributed by atoms with Crippen molar-refractivity contribution in [3.63, 3.8) is 0 Å². The summed E-state index contributed by atoms with van der Waals surface area (Å²) in [5.74, 6) is 1.18. The third-order valence-corrected chi connectivity index (χ3v) is 3.12. The molecular weight excluding hydrogens is 224 g/mol. The molecule has 0 aromatic carbocycles. The fourth-order valence-electron chi connectivity index (χ4n) is 1.48. The molecule has 0 aliphatic heterocycles. The minimum absolute atomic E-state index is 0.314. The summed E-state index contributed by atoms with van der Waals surface area (Å²) in [7, 11) is 3.65. The molecule has 2 aromatic heterocycles. The highest BCUT2D eigenvalue weighted by molar-refractivity contribution is 7.16. The van der Waals surface area contributed by atoms with Gasteiger partial charge < -0.3 is 15.4 Å². The van der Waals surface area contributed by atoms with E-state index in [0.717, 1.165) is 22.6 Å². The number of rotatable bonds is 4. The van der Waals surface area contributed by atoms with Crippen molar-refractivity contribution in [2.75, 3.05) is 37.9 Å². The van der Waals surface area contributed by atoms with E-state index in [-0.39, 0.29) is 0 Å². The third-order valence-electron chi connectivity index (χ3n) is 2.31. The van der Waals surface area contributed by atoms with E-state index in [1.165, 1.54) is 0 Å². The van der Waals surface area contributed by atoms with Gasteiger partial charge in [0.1, 0.15) is 10.6 Å². The lowest BCUT2D eigenvalue weighted by Crippen LogP contribution is -2.23. The number of nitrogens with zero attached hydrogens (tertiary/aromatic N) is 3. The lowest BCUT2D eigenvalue weighted by molar-refractivity contribution is 0.206. The first-order chi connectivity index (χ1) is 7.72. The number of aromatic nitrogens is 2.